The Kier molecular flexibility index (Phi) is 4.49. The summed E-state index contributed by atoms with van der Waals surface area (Å²) in [4.78, 5) is 16.9. The van der Waals surface area contributed by atoms with Gasteiger partial charge in [-0.05, 0) is 19.4 Å². The Morgan fingerprint density at radius 3 is 2.84 bits per heavy atom. The number of hydrogen-bond acceptors (Lipinski definition) is 7. The SMILES string of the molecule is COC[C@@H]1CCCN1Cc1nc(N)nc(N(C)C)n1. The predicted octanol–water partition coefficient (Wildman–Crippen LogP) is 0.131. The summed E-state index contributed by atoms with van der Waals surface area (Å²) >= 11 is 0. The first-order valence-corrected chi connectivity index (χ1v) is 6.51. The summed E-state index contributed by atoms with van der Waals surface area (Å²) in [6, 6.07) is 0.450. The summed E-state index contributed by atoms with van der Waals surface area (Å²) in [6.07, 6.45) is 2.35. The Bertz CT molecular complexity index is 425. The van der Waals surface area contributed by atoms with Crippen LogP contribution in [0.15, 0.2) is 0 Å². The molecule has 7 heteroatoms. The van der Waals surface area contributed by atoms with E-state index >= 15 is 0 Å². The number of rotatable bonds is 5. The van der Waals surface area contributed by atoms with Gasteiger partial charge in [0.05, 0.1) is 13.2 Å². The van der Waals surface area contributed by atoms with Crippen LogP contribution in [0.4, 0.5) is 11.9 Å². The molecule has 19 heavy (non-hydrogen) atoms. The fourth-order valence-corrected chi connectivity index (χ4v) is 2.36. The van der Waals surface area contributed by atoms with E-state index in [0.29, 0.717) is 18.5 Å². The van der Waals surface area contributed by atoms with E-state index < -0.39 is 0 Å². The molecule has 2 N–H and O–H groups in total. The summed E-state index contributed by atoms with van der Waals surface area (Å²) in [5.74, 6) is 1.60. The Hall–Kier alpha value is -1.47. The van der Waals surface area contributed by atoms with E-state index in [1.165, 1.54) is 6.42 Å². The maximum Gasteiger partial charge on any atom is 0.229 e. The normalized spacial score (nSPS) is 19.8. The molecule has 2 rings (SSSR count). The number of methoxy groups -OCH3 is 1. The van der Waals surface area contributed by atoms with Crippen LogP contribution in [0.3, 0.4) is 0 Å². The van der Waals surface area contributed by atoms with E-state index in [9.17, 15) is 0 Å². The van der Waals surface area contributed by atoms with Crippen molar-refractivity contribution in [1.82, 2.24) is 19.9 Å². The molecule has 0 amide bonds. The quantitative estimate of drug-likeness (QED) is 0.811. The van der Waals surface area contributed by atoms with E-state index in [1.54, 1.807) is 7.11 Å². The van der Waals surface area contributed by atoms with Crippen LogP contribution in [0.25, 0.3) is 0 Å². The molecule has 0 aliphatic carbocycles. The maximum atomic E-state index is 5.73. The number of nitrogen functional groups attached to an aromatic ring is 1. The lowest BCUT2D eigenvalue weighted by Crippen LogP contribution is -2.33. The molecular formula is C12H22N6O. The Morgan fingerprint density at radius 2 is 2.16 bits per heavy atom. The fourth-order valence-electron chi connectivity index (χ4n) is 2.36. The molecule has 106 valence electrons. The van der Waals surface area contributed by atoms with E-state index in [0.717, 1.165) is 25.4 Å². The lowest BCUT2D eigenvalue weighted by Gasteiger charge is -2.23. The predicted molar refractivity (Wildman–Crippen MR) is 73.9 cm³/mol. The van der Waals surface area contributed by atoms with Crippen molar-refractivity contribution in [2.75, 3.05) is 45.0 Å². The molecule has 1 saturated heterocycles. The van der Waals surface area contributed by atoms with Crippen molar-refractivity contribution >= 4 is 11.9 Å². The summed E-state index contributed by atoms with van der Waals surface area (Å²) in [6.45, 7) is 2.50. The topological polar surface area (TPSA) is 80.4 Å². The van der Waals surface area contributed by atoms with Crippen molar-refractivity contribution in [2.45, 2.75) is 25.4 Å². The van der Waals surface area contributed by atoms with Crippen molar-refractivity contribution in [2.24, 2.45) is 0 Å². The zero-order valence-corrected chi connectivity index (χ0v) is 11.8. The minimum absolute atomic E-state index is 0.274. The van der Waals surface area contributed by atoms with Crippen LogP contribution in [0.2, 0.25) is 0 Å². The molecule has 1 aliphatic heterocycles. The number of nitrogens with zero attached hydrogens (tertiary/aromatic N) is 5. The lowest BCUT2D eigenvalue weighted by atomic mass is 10.2. The first-order chi connectivity index (χ1) is 9.10. The summed E-state index contributed by atoms with van der Waals surface area (Å²) < 4.78 is 5.25. The van der Waals surface area contributed by atoms with Gasteiger partial charge in [-0.15, -0.1) is 0 Å². The van der Waals surface area contributed by atoms with Crippen LogP contribution < -0.4 is 10.6 Å². The van der Waals surface area contributed by atoms with Crippen molar-refractivity contribution in [1.29, 1.82) is 0 Å². The number of hydrogen-bond donors (Lipinski definition) is 1. The third kappa shape index (κ3) is 3.51. The average molecular weight is 266 g/mol. The van der Waals surface area contributed by atoms with Gasteiger partial charge < -0.3 is 15.4 Å². The molecule has 1 aromatic rings. The van der Waals surface area contributed by atoms with E-state index in [4.69, 9.17) is 10.5 Å². The molecule has 2 heterocycles. The molecule has 0 saturated carbocycles. The number of aromatic nitrogens is 3. The number of likely N-dealkylation sites (tertiary alicyclic amines) is 1. The summed E-state index contributed by atoms with van der Waals surface area (Å²) in [5.41, 5.74) is 5.73. The first kappa shape index (κ1) is 14.0. The first-order valence-electron chi connectivity index (χ1n) is 6.51. The largest absolute Gasteiger partial charge is 0.383 e. The monoisotopic (exact) mass is 266 g/mol. The molecule has 0 aromatic carbocycles. The Balaban J connectivity index is 2.09. The molecular weight excluding hydrogens is 244 g/mol. The molecule has 0 unspecified atom stereocenters. The van der Waals surface area contributed by atoms with Crippen LogP contribution in [-0.2, 0) is 11.3 Å². The van der Waals surface area contributed by atoms with Crippen LogP contribution in [0.1, 0.15) is 18.7 Å². The summed E-state index contributed by atoms with van der Waals surface area (Å²) in [7, 11) is 5.52. The van der Waals surface area contributed by atoms with Gasteiger partial charge in [0, 0.05) is 27.2 Å². The highest BCUT2D eigenvalue weighted by molar-refractivity contribution is 5.32. The van der Waals surface area contributed by atoms with Gasteiger partial charge in [-0.2, -0.15) is 15.0 Å². The van der Waals surface area contributed by atoms with Crippen molar-refractivity contribution in [3.05, 3.63) is 5.82 Å². The van der Waals surface area contributed by atoms with Gasteiger partial charge in [0.15, 0.2) is 0 Å². The van der Waals surface area contributed by atoms with Gasteiger partial charge in [-0.3, -0.25) is 4.90 Å². The van der Waals surface area contributed by atoms with Crippen molar-refractivity contribution in [3.63, 3.8) is 0 Å². The van der Waals surface area contributed by atoms with Gasteiger partial charge in [-0.25, -0.2) is 0 Å². The lowest BCUT2D eigenvalue weighted by molar-refractivity contribution is 0.110. The molecule has 0 bridgehead atoms. The van der Waals surface area contributed by atoms with Gasteiger partial charge >= 0.3 is 0 Å². The molecule has 0 radical (unpaired) electrons. The molecule has 1 aliphatic rings. The highest BCUT2D eigenvalue weighted by atomic mass is 16.5. The highest BCUT2D eigenvalue weighted by Gasteiger charge is 2.25. The molecule has 1 atom stereocenters. The van der Waals surface area contributed by atoms with Crippen molar-refractivity contribution < 1.29 is 4.74 Å². The minimum atomic E-state index is 0.274. The van der Waals surface area contributed by atoms with Gasteiger partial charge in [-0.1, -0.05) is 0 Å². The van der Waals surface area contributed by atoms with Crippen LogP contribution >= 0.6 is 0 Å². The summed E-state index contributed by atoms with van der Waals surface area (Å²) in [5, 5.41) is 0. The molecule has 0 spiro atoms. The van der Waals surface area contributed by atoms with Crippen LogP contribution in [0, 0.1) is 0 Å². The smallest absolute Gasteiger partial charge is 0.229 e. The second-order valence-corrected chi connectivity index (χ2v) is 5.03. The van der Waals surface area contributed by atoms with Gasteiger partial charge in [0.25, 0.3) is 0 Å². The highest BCUT2D eigenvalue weighted by Crippen LogP contribution is 2.19. The fraction of sp³-hybridized carbons (Fsp3) is 0.750. The third-order valence-corrected chi connectivity index (χ3v) is 3.29. The Labute approximate surface area is 113 Å². The second kappa shape index (κ2) is 6.12. The Morgan fingerprint density at radius 1 is 1.37 bits per heavy atom. The number of nitrogens with two attached hydrogens (primary N) is 1. The van der Waals surface area contributed by atoms with E-state index in [1.807, 2.05) is 19.0 Å². The minimum Gasteiger partial charge on any atom is -0.383 e. The van der Waals surface area contributed by atoms with E-state index in [-0.39, 0.29) is 5.95 Å². The number of ether oxygens (including phenoxy) is 1. The van der Waals surface area contributed by atoms with Crippen LogP contribution in [-0.4, -0.2) is 60.3 Å². The molecule has 1 fully saturated rings. The molecule has 7 nitrogen and oxygen atoms in total. The second-order valence-electron chi connectivity index (χ2n) is 5.03. The molecule has 1 aromatic heterocycles. The maximum absolute atomic E-state index is 5.73. The van der Waals surface area contributed by atoms with Gasteiger partial charge in [0.1, 0.15) is 5.82 Å². The zero-order valence-electron chi connectivity index (χ0n) is 11.8. The van der Waals surface area contributed by atoms with Crippen molar-refractivity contribution in [3.8, 4) is 0 Å². The standard InChI is InChI=1S/C12H22N6O/c1-17(2)12-15-10(14-11(13)16-12)7-18-6-4-5-9(18)8-19-3/h9H,4-8H2,1-3H3,(H2,13,14,15,16)/t9-/m0/s1. The van der Waals surface area contributed by atoms with Gasteiger partial charge in [0.2, 0.25) is 11.9 Å². The number of anilines is 2. The van der Waals surface area contributed by atoms with E-state index in [2.05, 4.69) is 19.9 Å². The van der Waals surface area contributed by atoms with Crippen LogP contribution in [0.5, 0.6) is 0 Å². The zero-order chi connectivity index (χ0) is 13.8. The third-order valence-electron chi connectivity index (χ3n) is 3.29. The average Bonchev–Trinajstić information content (AvgIpc) is 2.76.